The SMILES string of the molecule is COC(=O)C(CO)NC(=O)c1cc2c(s1)C1(CCNCC1)OCC2. The largest absolute Gasteiger partial charge is 0.467 e. The summed E-state index contributed by atoms with van der Waals surface area (Å²) in [4.78, 5) is 25.6. The van der Waals surface area contributed by atoms with Crippen molar-refractivity contribution in [2.45, 2.75) is 30.9 Å². The van der Waals surface area contributed by atoms with Gasteiger partial charge in [0.2, 0.25) is 0 Å². The van der Waals surface area contributed by atoms with E-state index in [4.69, 9.17) is 4.74 Å². The first kappa shape index (κ1) is 17.3. The molecule has 24 heavy (non-hydrogen) atoms. The number of aliphatic hydroxyl groups is 1. The smallest absolute Gasteiger partial charge is 0.330 e. The van der Waals surface area contributed by atoms with E-state index in [-0.39, 0.29) is 11.5 Å². The summed E-state index contributed by atoms with van der Waals surface area (Å²) in [6.07, 6.45) is 2.57. The number of methoxy groups -OCH3 is 1. The van der Waals surface area contributed by atoms with Crippen LogP contribution in [0.15, 0.2) is 6.07 Å². The van der Waals surface area contributed by atoms with Gasteiger partial charge in [-0.3, -0.25) is 4.79 Å². The summed E-state index contributed by atoms with van der Waals surface area (Å²) in [5, 5.41) is 15.1. The number of fused-ring (bicyclic) bond motifs is 2. The van der Waals surface area contributed by atoms with Crippen molar-refractivity contribution in [3.63, 3.8) is 0 Å². The maximum absolute atomic E-state index is 12.5. The number of carbonyl (C=O) groups excluding carboxylic acids is 2. The fourth-order valence-electron chi connectivity index (χ4n) is 3.29. The number of carbonyl (C=O) groups is 2. The van der Waals surface area contributed by atoms with Crippen molar-refractivity contribution < 1.29 is 24.2 Å². The standard InChI is InChI=1S/C16H22N2O5S/c1-22-15(21)11(9-19)18-14(20)12-8-10-2-7-23-16(13(10)24-12)3-5-17-6-4-16/h8,11,17,19H,2-7,9H2,1H3,(H,18,20). The van der Waals surface area contributed by atoms with Gasteiger partial charge in [-0.15, -0.1) is 11.3 Å². The molecule has 1 aromatic rings. The molecule has 0 bridgehead atoms. The van der Waals surface area contributed by atoms with Crippen molar-refractivity contribution >= 4 is 23.2 Å². The molecule has 1 aromatic heterocycles. The van der Waals surface area contributed by atoms with Gasteiger partial charge in [0, 0.05) is 4.88 Å². The molecule has 1 saturated heterocycles. The third-order valence-electron chi connectivity index (χ3n) is 4.58. The Labute approximate surface area is 144 Å². The Morgan fingerprint density at radius 1 is 1.50 bits per heavy atom. The van der Waals surface area contributed by atoms with Gasteiger partial charge in [0.15, 0.2) is 6.04 Å². The van der Waals surface area contributed by atoms with Crippen molar-refractivity contribution in [2.24, 2.45) is 0 Å². The molecule has 2 aliphatic heterocycles. The zero-order valence-corrected chi connectivity index (χ0v) is 14.4. The van der Waals surface area contributed by atoms with Crippen LogP contribution in [0.5, 0.6) is 0 Å². The lowest BCUT2D eigenvalue weighted by Gasteiger charge is -2.40. The summed E-state index contributed by atoms with van der Waals surface area (Å²) in [6, 6.07) is 0.832. The third-order valence-corrected chi connectivity index (χ3v) is 5.94. The Morgan fingerprint density at radius 2 is 2.25 bits per heavy atom. The van der Waals surface area contributed by atoms with Crippen molar-refractivity contribution in [3.8, 4) is 0 Å². The predicted octanol–water partition coefficient (Wildman–Crippen LogP) is 0.163. The summed E-state index contributed by atoms with van der Waals surface area (Å²) in [6.45, 7) is 1.95. The zero-order valence-electron chi connectivity index (χ0n) is 13.6. The lowest BCUT2D eigenvalue weighted by Crippen LogP contribution is -2.44. The number of aliphatic hydroxyl groups excluding tert-OH is 1. The highest BCUT2D eigenvalue weighted by Crippen LogP contribution is 2.44. The molecule has 0 aliphatic carbocycles. The second-order valence-corrected chi connectivity index (χ2v) is 7.09. The van der Waals surface area contributed by atoms with E-state index in [1.807, 2.05) is 6.07 Å². The quantitative estimate of drug-likeness (QED) is 0.667. The number of piperidine rings is 1. The molecule has 7 nitrogen and oxygen atoms in total. The zero-order chi connectivity index (χ0) is 17.2. The van der Waals surface area contributed by atoms with Gasteiger partial charge in [-0.05, 0) is 44.0 Å². The van der Waals surface area contributed by atoms with Crippen LogP contribution in [0.4, 0.5) is 0 Å². The molecule has 3 heterocycles. The molecule has 3 rings (SSSR count). The number of amides is 1. The Kier molecular flexibility index (Phi) is 5.19. The molecule has 1 unspecified atom stereocenters. The van der Waals surface area contributed by atoms with Crippen LogP contribution in [0.3, 0.4) is 0 Å². The summed E-state index contributed by atoms with van der Waals surface area (Å²) in [5.74, 6) is -1.03. The third kappa shape index (κ3) is 3.19. The van der Waals surface area contributed by atoms with Crippen molar-refractivity contribution in [1.29, 1.82) is 0 Å². The Morgan fingerprint density at radius 3 is 2.92 bits per heavy atom. The molecule has 0 radical (unpaired) electrons. The Bertz CT molecular complexity index is 624. The van der Waals surface area contributed by atoms with Crippen LogP contribution in [-0.4, -0.2) is 56.4 Å². The molecule has 2 aliphatic rings. The van der Waals surface area contributed by atoms with Gasteiger partial charge < -0.3 is 25.2 Å². The maximum atomic E-state index is 12.5. The minimum absolute atomic E-state index is 0.291. The lowest BCUT2D eigenvalue weighted by molar-refractivity contribution is -0.143. The molecule has 3 N–H and O–H groups in total. The van der Waals surface area contributed by atoms with E-state index < -0.39 is 18.6 Å². The molecule has 1 amide bonds. The van der Waals surface area contributed by atoms with Crippen LogP contribution in [-0.2, 0) is 26.3 Å². The van der Waals surface area contributed by atoms with Crippen LogP contribution < -0.4 is 10.6 Å². The highest BCUT2D eigenvalue weighted by molar-refractivity contribution is 7.14. The highest BCUT2D eigenvalue weighted by Gasteiger charge is 2.41. The van der Waals surface area contributed by atoms with Gasteiger partial charge in [0.1, 0.15) is 5.60 Å². The van der Waals surface area contributed by atoms with Gasteiger partial charge >= 0.3 is 5.97 Å². The van der Waals surface area contributed by atoms with E-state index in [1.54, 1.807) is 0 Å². The van der Waals surface area contributed by atoms with E-state index in [0.717, 1.165) is 42.8 Å². The van der Waals surface area contributed by atoms with Crippen LogP contribution >= 0.6 is 11.3 Å². The van der Waals surface area contributed by atoms with Crippen molar-refractivity contribution in [1.82, 2.24) is 10.6 Å². The van der Waals surface area contributed by atoms with Crippen LogP contribution in [0.25, 0.3) is 0 Å². The van der Waals surface area contributed by atoms with Crippen LogP contribution in [0.2, 0.25) is 0 Å². The number of nitrogens with one attached hydrogen (secondary N) is 2. The number of hydrogen-bond donors (Lipinski definition) is 3. The fourth-order valence-corrected chi connectivity index (χ4v) is 4.60. The molecule has 132 valence electrons. The Balaban J connectivity index is 1.81. The second-order valence-electron chi connectivity index (χ2n) is 6.04. The summed E-state index contributed by atoms with van der Waals surface area (Å²) >= 11 is 1.42. The fraction of sp³-hybridized carbons (Fsp3) is 0.625. The van der Waals surface area contributed by atoms with Crippen molar-refractivity contribution in [2.75, 3.05) is 33.4 Å². The first-order valence-electron chi connectivity index (χ1n) is 8.07. The predicted molar refractivity (Wildman–Crippen MR) is 88.1 cm³/mol. The van der Waals surface area contributed by atoms with E-state index in [9.17, 15) is 14.7 Å². The number of thiophene rings is 1. The highest BCUT2D eigenvalue weighted by atomic mass is 32.1. The molecule has 1 spiro atoms. The number of rotatable bonds is 4. The minimum Gasteiger partial charge on any atom is -0.467 e. The number of ether oxygens (including phenoxy) is 2. The molecule has 1 fully saturated rings. The second kappa shape index (κ2) is 7.18. The first-order chi connectivity index (χ1) is 11.6. The number of hydrogen-bond acceptors (Lipinski definition) is 7. The van der Waals surface area contributed by atoms with Gasteiger partial charge in [0.05, 0.1) is 25.2 Å². The average molecular weight is 354 g/mol. The van der Waals surface area contributed by atoms with Crippen LogP contribution in [0.1, 0.15) is 33.0 Å². The summed E-state index contributed by atoms with van der Waals surface area (Å²) < 4.78 is 10.7. The first-order valence-corrected chi connectivity index (χ1v) is 8.89. The van der Waals surface area contributed by atoms with Crippen LogP contribution in [0, 0.1) is 0 Å². The van der Waals surface area contributed by atoms with Crippen molar-refractivity contribution in [3.05, 3.63) is 21.4 Å². The topological polar surface area (TPSA) is 96.9 Å². The monoisotopic (exact) mass is 354 g/mol. The van der Waals surface area contributed by atoms with E-state index in [2.05, 4.69) is 15.4 Å². The number of esters is 1. The molecule has 8 heteroatoms. The summed E-state index contributed by atoms with van der Waals surface area (Å²) in [5.41, 5.74) is 0.859. The molecule has 1 atom stereocenters. The van der Waals surface area contributed by atoms with E-state index in [0.29, 0.717) is 11.5 Å². The maximum Gasteiger partial charge on any atom is 0.330 e. The van der Waals surface area contributed by atoms with Gasteiger partial charge in [0.25, 0.3) is 5.91 Å². The van der Waals surface area contributed by atoms with E-state index >= 15 is 0 Å². The molecule has 0 saturated carbocycles. The Hall–Kier alpha value is -1.48. The lowest BCUT2D eigenvalue weighted by atomic mass is 9.86. The van der Waals surface area contributed by atoms with Gasteiger partial charge in [-0.1, -0.05) is 0 Å². The van der Waals surface area contributed by atoms with Gasteiger partial charge in [-0.2, -0.15) is 0 Å². The minimum atomic E-state index is -1.05. The van der Waals surface area contributed by atoms with Gasteiger partial charge in [-0.25, -0.2) is 4.79 Å². The molecule has 0 aromatic carbocycles. The molecular weight excluding hydrogens is 332 g/mol. The normalized spacial score (nSPS) is 20.2. The summed E-state index contributed by atoms with van der Waals surface area (Å²) in [7, 11) is 1.22. The van der Waals surface area contributed by atoms with E-state index in [1.165, 1.54) is 18.4 Å². The molecular formula is C16H22N2O5S. The average Bonchev–Trinajstić information content (AvgIpc) is 3.06.